The maximum absolute atomic E-state index is 12.8. The number of amides is 2. The molecule has 1 aliphatic heterocycles. The minimum absolute atomic E-state index is 0.0709. The van der Waals surface area contributed by atoms with E-state index in [-0.39, 0.29) is 17.7 Å². The van der Waals surface area contributed by atoms with Crippen LogP contribution in [0.1, 0.15) is 25.3 Å². The van der Waals surface area contributed by atoms with Crippen LogP contribution in [-0.4, -0.2) is 47.8 Å². The van der Waals surface area contributed by atoms with Crippen LogP contribution in [0, 0.1) is 5.92 Å². The van der Waals surface area contributed by atoms with Crippen molar-refractivity contribution in [2.75, 3.05) is 26.2 Å². The first-order valence-electron chi connectivity index (χ1n) is 7.96. The Morgan fingerprint density at radius 1 is 1.36 bits per heavy atom. The number of likely N-dealkylation sites (tertiary alicyclic amines) is 1. The molecule has 2 amide bonds. The van der Waals surface area contributed by atoms with Crippen molar-refractivity contribution >= 4 is 11.8 Å². The van der Waals surface area contributed by atoms with E-state index >= 15 is 0 Å². The van der Waals surface area contributed by atoms with Gasteiger partial charge < -0.3 is 15.5 Å². The number of carbonyl (C=O) groups is 2. The van der Waals surface area contributed by atoms with Gasteiger partial charge >= 0.3 is 0 Å². The van der Waals surface area contributed by atoms with Gasteiger partial charge in [0.1, 0.15) is 0 Å². The lowest BCUT2D eigenvalue weighted by Crippen LogP contribution is -2.38. The van der Waals surface area contributed by atoms with Crippen LogP contribution >= 0.6 is 0 Å². The minimum Gasteiger partial charge on any atom is -0.342 e. The molecule has 1 aliphatic rings. The third-order valence-electron chi connectivity index (χ3n) is 4.11. The summed E-state index contributed by atoms with van der Waals surface area (Å²) >= 11 is 0. The van der Waals surface area contributed by atoms with E-state index in [1.165, 1.54) is 0 Å². The van der Waals surface area contributed by atoms with Gasteiger partial charge in [0.05, 0.1) is 5.92 Å². The lowest BCUT2D eigenvalue weighted by Gasteiger charge is -2.25. The van der Waals surface area contributed by atoms with Crippen LogP contribution in [0.4, 0.5) is 0 Å². The number of nitrogens with zero attached hydrogens (tertiary/aromatic N) is 2. The van der Waals surface area contributed by atoms with Crippen LogP contribution in [0.15, 0.2) is 30.3 Å². The summed E-state index contributed by atoms with van der Waals surface area (Å²) in [5.74, 6) is -0.0603. The van der Waals surface area contributed by atoms with E-state index in [1.54, 1.807) is 4.90 Å². The van der Waals surface area contributed by atoms with Crippen molar-refractivity contribution in [2.45, 2.75) is 26.3 Å². The van der Waals surface area contributed by atoms with E-state index < -0.39 is 0 Å². The van der Waals surface area contributed by atoms with Gasteiger partial charge in [-0.1, -0.05) is 30.3 Å². The quantitative estimate of drug-likeness (QED) is 0.824. The number of hydrogen-bond donors (Lipinski definition) is 1. The Morgan fingerprint density at radius 3 is 2.68 bits per heavy atom. The Labute approximate surface area is 132 Å². The van der Waals surface area contributed by atoms with Crippen molar-refractivity contribution < 1.29 is 9.59 Å². The number of nitrogens with two attached hydrogens (primary N) is 1. The van der Waals surface area contributed by atoms with Crippen LogP contribution in [0.3, 0.4) is 0 Å². The fourth-order valence-electron chi connectivity index (χ4n) is 2.85. The topological polar surface area (TPSA) is 66.6 Å². The van der Waals surface area contributed by atoms with Gasteiger partial charge in [0.2, 0.25) is 11.8 Å². The van der Waals surface area contributed by atoms with Gasteiger partial charge in [-0.05, 0) is 25.5 Å². The fraction of sp³-hybridized carbons (Fsp3) is 0.529. The average molecular weight is 303 g/mol. The minimum atomic E-state index is -0.214. The SMILES string of the molecule is CCN1CC(C(=O)N(CCCN)Cc2ccccc2)CC1=O. The van der Waals surface area contributed by atoms with Gasteiger partial charge in [-0.15, -0.1) is 0 Å². The van der Waals surface area contributed by atoms with Gasteiger partial charge in [0.15, 0.2) is 0 Å². The molecule has 2 N–H and O–H groups in total. The molecule has 0 aromatic heterocycles. The van der Waals surface area contributed by atoms with Crippen LogP contribution in [0.25, 0.3) is 0 Å². The summed E-state index contributed by atoms with van der Waals surface area (Å²) in [6.45, 7) is 4.94. The summed E-state index contributed by atoms with van der Waals surface area (Å²) in [4.78, 5) is 28.2. The lowest BCUT2D eigenvalue weighted by atomic mass is 10.1. The molecule has 0 bridgehead atoms. The van der Waals surface area contributed by atoms with Gasteiger partial charge in [0.25, 0.3) is 0 Å². The molecule has 22 heavy (non-hydrogen) atoms. The maximum Gasteiger partial charge on any atom is 0.228 e. The molecular formula is C17H25N3O2. The van der Waals surface area contributed by atoms with Crippen LogP contribution < -0.4 is 5.73 Å². The molecular weight excluding hydrogens is 278 g/mol. The van der Waals surface area contributed by atoms with Gasteiger partial charge in [-0.3, -0.25) is 9.59 Å². The van der Waals surface area contributed by atoms with Gasteiger partial charge in [-0.2, -0.15) is 0 Å². The van der Waals surface area contributed by atoms with Crippen molar-refractivity contribution in [3.63, 3.8) is 0 Å². The molecule has 0 saturated carbocycles. The zero-order chi connectivity index (χ0) is 15.9. The van der Waals surface area contributed by atoms with Crippen LogP contribution in [0.2, 0.25) is 0 Å². The highest BCUT2D eigenvalue weighted by Gasteiger charge is 2.35. The number of benzene rings is 1. The molecule has 0 spiro atoms. The molecule has 1 aromatic rings. The monoisotopic (exact) mass is 303 g/mol. The third kappa shape index (κ3) is 4.07. The van der Waals surface area contributed by atoms with E-state index in [9.17, 15) is 9.59 Å². The molecule has 1 unspecified atom stereocenters. The van der Waals surface area contributed by atoms with E-state index in [4.69, 9.17) is 5.73 Å². The predicted octanol–water partition coefficient (Wildman–Crippen LogP) is 1.23. The van der Waals surface area contributed by atoms with Crippen LogP contribution in [-0.2, 0) is 16.1 Å². The predicted molar refractivity (Wildman–Crippen MR) is 85.9 cm³/mol. The van der Waals surface area contributed by atoms with Crippen molar-refractivity contribution in [3.8, 4) is 0 Å². The second-order valence-corrected chi connectivity index (χ2v) is 5.72. The first kappa shape index (κ1) is 16.5. The van der Waals surface area contributed by atoms with E-state index in [1.807, 2.05) is 42.2 Å². The summed E-state index contributed by atoms with van der Waals surface area (Å²) in [7, 11) is 0. The summed E-state index contributed by atoms with van der Waals surface area (Å²) in [5, 5.41) is 0. The Balaban J connectivity index is 2.04. The molecule has 1 saturated heterocycles. The molecule has 2 rings (SSSR count). The zero-order valence-corrected chi connectivity index (χ0v) is 13.2. The summed E-state index contributed by atoms with van der Waals surface area (Å²) in [6.07, 6.45) is 1.11. The van der Waals surface area contributed by atoms with Crippen molar-refractivity contribution in [2.24, 2.45) is 11.7 Å². The number of carbonyl (C=O) groups excluding carboxylic acids is 2. The van der Waals surface area contributed by atoms with Gasteiger partial charge in [-0.25, -0.2) is 0 Å². The number of rotatable bonds is 7. The molecule has 0 aliphatic carbocycles. The summed E-state index contributed by atoms with van der Waals surface area (Å²) < 4.78 is 0. The highest BCUT2D eigenvalue weighted by molar-refractivity contribution is 5.89. The highest BCUT2D eigenvalue weighted by Crippen LogP contribution is 2.21. The molecule has 5 heteroatoms. The second-order valence-electron chi connectivity index (χ2n) is 5.72. The highest BCUT2D eigenvalue weighted by atomic mass is 16.2. The number of hydrogen-bond acceptors (Lipinski definition) is 3. The normalized spacial score (nSPS) is 17.8. The fourth-order valence-corrected chi connectivity index (χ4v) is 2.85. The van der Waals surface area contributed by atoms with E-state index in [2.05, 4.69) is 0 Å². The van der Waals surface area contributed by atoms with Gasteiger partial charge in [0, 0.05) is 32.6 Å². The zero-order valence-electron chi connectivity index (χ0n) is 13.2. The molecule has 1 fully saturated rings. The van der Waals surface area contributed by atoms with Crippen molar-refractivity contribution in [1.82, 2.24) is 9.80 Å². The Kier molecular flexibility index (Phi) is 5.95. The van der Waals surface area contributed by atoms with Crippen molar-refractivity contribution in [1.29, 1.82) is 0 Å². The van der Waals surface area contributed by atoms with E-state index in [0.717, 1.165) is 12.0 Å². The third-order valence-corrected chi connectivity index (χ3v) is 4.11. The summed E-state index contributed by atoms with van der Waals surface area (Å²) in [6, 6.07) is 9.93. The first-order valence-corrected chi connectivity index (χ1v) is 7.96. The van der Waals surface area contributed by atoms with E-state index in [0.29, 0.717) is 39.1 Å². The molecule has 1 heterocycles. The molecule has 120 valence electrons. The Morgan fingerprint density at radius 2 is 2.09 bits per heavy atom. The Hall–Kier alpha value is -1.88. The Bertz CT molecular complexity index is 504. The summed E-state index contributed by atoms with van der Waals surface area (Å²) in [5.41, 5.74) is 6.69. The smallest absolute Gasteiger partial charge is 0.228 e. The first-order chi connectivity index (χ1) is 10.7. The lowest BCUT2D eigenvalue weighted by molar-refractivity contribution is -0.136. The molecule has 5 nitrogen and oxygen atoms in total. The second kappa shape index (κ2) is 7.94. The molecule has 0 radical (unpaired) electrons. The molecule has 1 atom stereocenters. The largest absolute Gasteiger partial charge is 0.342 e. The van der Waals surface area contributed by atoms with Crippen molar-refractivity contribution in [3.05, 3.63) is 35.9 Å². The maximum atomic E-state index is 12.8. The molecule has 1 aromatic carbocycles. The standard InChI is InChI=1S/C17H25N3O2/c1-2-19-13-15(11-16(19)21)17(22)20(10-6-9-18)12-14-7-4-3-5-8-14/h3-5,7-8,15H,2,6,9-13,18H2,1H3. The van der Waals surface area contributed by atoms with Crippen LogP contribution in [0.5, 0.6) is 0 Å². The average Bonchev–Trinajstić information content (AvgIpc) is 2.92.